The average Bonchev–Trinajstić information content (AvgIpc) is 3.18. The smallest absolute Gasteiger partial charge is 0.229 e. The number of benzene rings is 1. The van der Waals surface area contributed by atoms with E-state index < -0.39 is 0 Å². The Morgan fingerprint density at radius 1 is 1.24 bits per heavy atom. The first-order valence-corrected chi connectivity index (χ1v) is 7.86. The third-order valence-electron chi connectivity index (χ3n) is 4.67. The van der Waals surface area contributed by atoms with Crippen molar-refractivity contribution >= 4 is 0 Å². The van der Waals surface area contributed by atoms with Crippen LogP contribution < -0.4 is 5.73 Å². The van der Waals surface area contributed by atoms with Crippen LogP contribution in [0, 0.1) is 0 Å². The maximum absolute atomic E-state index is 5.62. The summed E-state index contributed by atoms with van der Waals surface area (Å²) in [6.45, 7) is 2.73. The van der Waals surface area contributed by atoms with Gasteiger partial charge in [-0.1, -0.05) is 55.3 Å². The van der Waals surface area contributed by atoms with Crippen molar-refractivity contribution in [1.82, 2.24) is 10.1 Å². The quantitative estimate of drug-likeness (QED) is 0.914. The highest BCUT2D eigenvalue weighted by atomic mass is 16.5. The second-order valence-corrected chi connectivity index (χ2v) is 6.09. The van der Waals surface area contributed by atoms with Gasteiger partial charge in [-0.3, -0.25) is 0 Å². The summed E-state index contributed by atoms with van der Waals surface area (Å²) < 4.78 is 5.52. The lowest BCUT2D eigenvalue weighted by Gasteiger charge is -2.25. The first-order chi connectivity index (χ1) is 10.3. The molecule has 1 aromatic heterocycles. The van der Waals surface area contributed by atoms with E-state index >= 15 is 0 Å². The van der Waals surface area contributed by atoms with Gasteiger partial charge in [0.25, 0.3) is 0 Å². The molecule has 0 radical (unpaired) electrons. The first kappa shape index (κ1) is 14.3. The Bertz CT molecular complexity index is 573. The number of hydrogen-bond donors (Lipinski definition) is 1. The van der Waals surface area contributed by atoms with Gasteiger partial charge in [0.15, 0.2) is 5.82 Å². The predicted octanol–water partition coefficient (Wildman–Crippen LogP) is 3.38. The number of hydrogen-bond acceptors (Lipinski definition) is 4. The van der Waals surface area contributed by atoms with E-state index in [4.69, 9.17) is 15.2 Å². The van der Waals surface area contributed by atoms with Crippen molar-refractivity contribution in [3.05, 3.63) is 47.6 Å². The summed E-state index contributed by atoms with van der Waals surface area (Å²) in [7, 11) is 0. The molecule has 1 fully saturated rings. The zero-order valence-corrected chi connectivity index (χ0v) is 12.6. The van der Waals surface area contributed by atoms with Crippen LogP contribution >= 0.6 is 0 Å². The highest BCUT2D eigenvalue weighted by Gasteiger charge is 2.41. The molecular formula is C17H23N3O. The van der Waals surface area contributed by atoms with Crippen LogP contribution in [0.25, 0.3) is 0 Å². The van der Waals surface area contributed by atoms with Gasteiger partial charge in [-0.2, -0.15) is 4.98 Å². The first-order valence-electron chi connectivity index (χ1n) is 7.86. The maximum atomic E-state index is 5.62. The summed E-state index contributed by atoms with van der Waals surface area (Å²) in [5.74, 6) is 1.80. The Morgan fingerprint density at radius 2 is 1.95 bits per heavy atom. The minimum absolute atomic E-state index is 0.0640. The van der Waals surface area contributed by atoms with E-state index in [1.807, 2.05) is 0 Å². The van der Waals surface area contributed by atoms with Gasteiger partial charge in [-0.05, 0) is 31.4 Å². The highest BCUT2D eigenvalue weighted by molar-refractivity contribution is 5.33. The third-order valence-corrected chi connectivity index (χ3v) is 4.67. The van der Waals surface area contributed by atoms with Crippen molar-refractivity contribution < 1.29 is 4.52 Å². The van der Waals surface area contributed by atoms with Crippen LogP contribution in [-0.2, 0) is 5.41 Å². The van der Waals surface area contributed by atoms with E-state index in [0.29, 0.717) is 6.54 Å². The van der Waals surface area contributed by atoms with Crippen LogP contribution in [-0.4, -0.2) is 16.7 Å². The minimum Gasteiger partial charge on any atom is -0.339 e. The van der Waals surface area contributed by atoms with Crippen LogP contribution in [0.2, 0.25) is 0 Å². The summed E-state index contributed by atoms with van der Waals surface area (Å²) in [5.41, 5.74) is 6.87. The zero-order chi connectivity index (χ0) is 14.7. The fourth-order valence-electron chi connectivity index (χ4n) is 3.38. The molecule has 112 valence electrons. The number of rotatable bonds is 5. The molecule has 2 aromatic rings. The highest BCUT2D eigenvalue weighted by Crippen LogP contribution is 2.45. The van der Waals surface area contributed by atoms with Crippen molar-refractivity contribution in [1.29, 1.82) is 0 Å². The molecule has 1 aliphatic carbocycles. The molecule has 1 unspecified atom stereocenters. The van der Waals surface area contributed by atoms with Gasteiger partial charge in [0.1, 0.15) is 0 Å². The molecule has 0 saturated heterocycles. The molecule has 0 bridgehead atoms. The Labute approximate surface area is 125 Å². The lowest BCUT2D eigenvalue weighted by atomic mass is 9.78. The molecule has 0 aliphatic heterocycles. The SMILES string of the molecule is CC(CCN)c1nc(C2(c3ccccc3)CCCC2)no1. The molecule has 3 rings (SSSR count). The van der Waals surface area contributed by atoms with Gasteiger partial charge in [0, 0.05) is 5.92 Å². The molecule has 1 heterocycles. The second-order valence-electron chi connectivity index (χ2n) is 6.09. The molecule has 0 spiro atoms. The normalized spacial score (nSPS) is 18.8. The van der Waals surface area contributed by atoms with Crippen LogP contribution in [0.3, 0.4) is 0 Å². The van der Waals surface area contributed by atoms with Gasteiger partial charge in [-0.25, -0.2) is 0 Å². The van der Waals surface area contributed by atoms with Crippen molar-refractivity contribution in [2.45, 2.75) is 50.4 Å². The Hall–Kier alpha value is -1.68. The Balaban J connectivity index is 1.95. The van der Waals surface area contributed by atoms with E-state index in [9.17, 15) is 0 Å². The van der Waals surface area contributed by atoms with Crippen LogP contribution in [0.15, 0.2) is 34.9 Å². The van der Waals surface area contributed by atoms with Crippen LogP contribution in [0.5, 0.6) is 0 Å². The van der Waals surface area contributed by atoms with E-state index in [0.717, 1.165) is 31.0 Å². The molecule has 21 heavy (non-hydrogen) atoms. The lowest BCUT2D eigenvalue weighted by molar-refractivity contribution is 0.342. The third kappa shape index (κ3) is 2.60. The fourth-order valence-corrected chi connectivity index (χ4v) is 3.38. The van der Waals surface area contributed by atoms with Crippen LogP contribution in [0.1, 0.15) is 62.2 Å². The largest absolute Gasteiger partial charge is 0.339 e. The summed E-state index contributed by atoms with van der Waals surface area (Å²) in [6, 6.07) is 10.6. The molecule has 4 heteroatoms. The number of nitrogens with two attached hydrogens (primary N) is 1. The molecular weight excluding hydrogens is 262 g/mol. The second kappa shape index (κ2) is 5.98. The average molecular weight is 285 g/mol. The number of nitrogens with zero attached hydrogens (tertiary/aromatic N) is 2. The number of aromatic nitrogens is 2. The Morgan fingerprint density at radius 3 is 2.62 bits per heavy atom. The van der Waals surface area contributed by atoms with Crippen molar-refractivity contribution in [2.75, 3.05) is 6.54 Å². The van der Waals surface area contributed by atoms with E-state index in [2.05, 4.69) is 42.4 Å². The molecule has 1 atom stereocenters. The Kier molecular flexibility index (Phi) is 4.06. The minimum atomic E-state index is -0.0640. The maximum Gasteiger partial charge on any atom is 0.229 e. The topological polar surface area (TPSA) is 64.9 Å². The van der Waals surface area contributed by atoms with Gasteiger partial charge < -0.3 is 10.3 Å². The van der Waals surface area contributed by atoms with Gasteiger partial charge in [0.05, 0.1) is 5.41 Å². The van der Waals surface area contributed by atoms with E-state index in [1.54, 1.807) is 0 Å². The van der Waals surface area contributed by atoms with Crippen molar-refractivity contribution in [2.24, 2.45) is 5.73 Å². The summed E-state index contributed by atoms with van der Waals surface area (Å²) in [5, 5.41) is 4.32. The molecule has 1 aromatic carbocycles. The molecule has 2 N–H and O–H groups in total. The monoisotopic (exact) mass is 285 g/mol. The molecule has 1 saturated carbocycles. The summed E-state index contributed by atoms with van der Waals surface area (Å²) >= 11 is 0. The predicted molar refractivity (Wildman–Crippen MR) is 82.1 cm³/mol. The van der Waals surface area contributed by atoms with Gasteiger partial charge in [-0.15, -0.1) is 0 Å². The fraction of sp³-hybridized carbons (Fsp3) is 0.529. The standard InChI is InChI=1S/C17H23N3O/c1-13(9-12-18)15-19-16(20-21-15)17(10-5-6-11-17)14-7-3-2-4-8-14/h2-4,7-8,13H,5-6,9-12,18H2,1H3. The summed E-state index contributed by atoms with van der Waals surface area (Å²) in [4.78, 5) is 4.73. The summed E-state index contributed by atoms with van der Waals surface area (Å²) in [6.07, 6.45) is 5.51. The molecule has 4 nitrogen and oxygen atoms in total. The lowest BCUT2D eigenvalue weighted by Crippen LogP contribution is -2.25. The zero-order valence-electron chi connectivity index (χ0n) is 12.6. The van der Waals surface area contributed by atoms with E-state index in [-0.39, 0.29) is 11.3 Å². The molecule has 0 amide bonds. The van der Waals surface area contributed by atoms with E-state index in [1.165, 1.54) is 18.4 Å². The van der Waals surface area contributed by atoms with Crippen molar-refractivity contribution in [3.63, 3.8) is 0 Å². The van der Waals surface area contributed by atoms with Gasteiger partial charge in [0.2, 0.25) is 5.89 Å². The van der Waals surface area contributed by atoms with Gasteiger partial charge >= 0.3 is 0 Å². The molecule has 1 aliphatic rings. The van der Waals surface area contributed by atoms with Crippen molar-refractivity contribution in [3.8, 4) is 0 Å². The van der Waals surface area contributed by atoms with Crippen LogP contribution in [0.4, 0.5) is 0 Å².